The van der Waals surface area contributed by atoms with E-state index in [1.54, 1.807) is 0 Å². The minimum Gasteiger partial charge on any atom is -0.0979 e. The largest absolute Gasteiger partial charge is 0.0979 e. The zero-order valence-electron chi connectivity index (χ0n) is 15.2. The summed E-state index contributed by atoms with van der Waals surface area (Å²) >= 11 is 0. The highest BCUT2D eigenvalue weighted by molar-refractivity contribution is 5.36. The Kier molecular flexibility index (Phi) is 8.30. The zero-order chi connectivity index (χ0) is 16.3. The maximum atomic E-state index is 3.25. The lowest BCUT2D eigenvalue weighted by molar-refractivity contribution is 0.250. The number of benzene rings is 1. The summed E-state index contributed by atoms with van der Waals surface area (Å²) in [6.45, 7) is 4.49. The van der Waals surface area contributed by atoms with Crippen LogP contribution in [0.15, 0.2) is 24.3 Å². The van der Waals surface area contributed by atoms with Gasteiger partial charge >= 0.3 is 0 Å². The smallest absolute Gasteiger partial charge is 0.0245 e. The van der Waals surface area contributed by atoms with E-state index < -0.39 is 0 Å². The van der Waals surface area contributed by atoms with E-state index in [0.717, 1.165) is 24.7 Å². The molecular formula is C23H34. The summed E-state index contributed by atoms with van der Waals surface area (Å²) in [6, 6.07) is 8.95. The number of unbranched alkanes of at least 4 members (excludes halogenated alkanes) is 2. The van der Waals surface area contributed by atoms with Crippen LogP contribution in [0.5, 0.6) is 0 Å². The van der Waals surface area contributed by atoms with Gasteiger partial charge < -0.3 is 0 Å². The van der Waals surface area contributed by atoms with Crippen LogP contribution in [0.25, 0.3) is 0 Å². The second-order valence-electron chi connectivity index (χ2n) is 7.32. The van der Waals surface area contributed by atoms with Gasteiger partial charge in [-0.2, -0.15) is 0 Å². The van der Waals surface area contributed by atoms with Crippen molar-refractivity contribution in [2.45, 2.75) is 84.5 Å². The van der Waals surface area contributed by atoms with Gasteiger partial charge in [0.25, 0.3) is 0 Å². The van der Waals surface area contributed by atoms with E-state index in [4.69, 9.17) is 0 Å². The first kappa shape index (κ1) is 18.1. The molecule has 0 amide bonds. The molecule has 0 unspecified atom stereocenters. The van der Waals surface area contributed by atoms with Gasteiger partial charge in [-0.1, -0.05) is 82.8 Å². The van der Waals surface area contributed by atoms with E-state index in [0.29, 0.717) is 0 Å². The lowest BCUT2D eigenvalue weighted by atomic mass is 9.78. The Balaban J connectivity index is 1.69. The van der Waals surface area contributed by atoms with Gasteiger partial charge in [-0.25, -0.2) is 0 Å². The van der Waals surface area contributed by atoms with Crippen LogP contribution in [0, 0.1) is 23.7 Å². The summed E-state index contributed by atoms with van der Waals surface area (Å²) in [4.78, 5) is 0. The van der Waals surface area contributed by atoms with Crippen molar-refractivity contribution in [3.8, 4) is 11.8 Å². The van der Waals surface area contributed by atoms with Crippen LogP contribution in [-0.4, -0.2) is 0 Å². The van der Waals surface area contributed by atoms with E-state index in [-0.39, 0.29) is 0 Å². The van der Waals surface area contributed by atoms with Crippen molar-refractivity contribution >= 4 is 0 Å². The number of hydrogen-bond acceptors (Lipinski definition) is 0. The fraction of sp³-hybridized carbons (Fsp3) is 0.652. The molecule has 1 aliphatic carbocycles. The highest BCUT2D eigenvalue weighted by Gasteiger charge is 2.20. The first-order chi connectivity index (χ1) is 11.3. The van der Waals surface area contributed by atoms with Crippen molar-refractivity contribution in [3.05, 3.63) is 35.4 Å². The summed E-state index contributed by atoms with van der Waals surface area (Å²) in [5, 5.41) is 0. The summed E-state index contributed by atoms with van der Waals surface area (Å²) in [6.07, 6.45) is 14.9. The molecular weight excluding hydrogens is 276 g/mol. The highest BCUT2D eigenvalue weighted by atomic mass is 14.3. The molecule has 1 aliphatic rings. The molecule has 1 aromatic rings. The quantitative estimate of drug-likeness (QED) is 0.488. The molecule has 0 heterocycles. The lowest BCUT2D eigenvalue weighted by Gasteiger charge is -2.28. The summed E-state index contributed by atoms with van der Waals surface area (Å²) in [5.74, 6) is 8.48. The molecule has 23 heavy (non-hydrogen) atoms. The van der Waals surface area contributed by atoms with Gasteiger partial charge in [0.05, 0.1) is 0 Å². The minimum absolute atomic E-state index is 0.969. The summed E-state index contributed by atoms with van der Waals surface area (Å²) in [5.41, 5.74) is 2.65. The van der Waals surface area contributed by atoms with Gasteiger partial charge in [-0.15, -0.1) is 0 Å². The van der Waals surface area contributed by atoms with Crippen LogP contribution in [0.4, 0.5) is 0 Å². The van der Waals surface area contributed by atoms with Crippen molar-refractivity contribution in [1.82, 2.24) is 0 Å². The average molecular weight is 311 g/mol. The van der Waals surface area contributed by atoms with E-state index in [1.165, 1.54) is 68.9 Å². The third-order valence-electron chi connectivity index (χ3n) is 5.34. The predicted octanol–water partition coefficient (Wildman–Crippen LogP) is 6.77. The number of hydrogen-bond donors (Lipinski definition) is 0. The number of aryl methyl sites for hydroxylation is 1. The second kappa shape index (κ2) is 10.5. The normalized spacial score (nSPS) is 20.8. The molecule has 0 nitrogen and oxygen atoms in total. The Bertz CT molecular complexity index is 477. The summed E-state index contributed by atoms with van der Waals surface area (Å²) < 4.78 is 0. The van der Waals surface area contributed by atoms with Gasteiger partial charge in [-0.05, 0) is 48.8 Å². The molecule has 0 atom stereocenters. The predicted molar refractivity (Wildman–Crippen MR) is 102 cm³/mol. The van der Waals surface area contributed by atoms with Crippen molar-refractivity contribution in [3.63, 3.8) is 0 Å². The van der Waals surface area contributed by atoms with Gasteiger partial charge in [0.2, 0.25) is 0 Å². The van der Waals surface area contributed by atoms with Crippen LogP contribution in [-0.2, 0) is 6.42 Å². The van der Waals surface area contributed by atoms with Crippen LogP contribution in [0.2, 0.25) is 0 Å². The maximum Gasteiger partial charge on any atom is 0.0245 e. The topological polar surface area (TPSA) is 0 Å². The van der Waals surface area contributed by atoms with Crippen LogP contribution >= 0.6 is 0 Å². The molecule has 1 saturated carbocycles. The molecule has 2 rings (SSSR count). The molecule has 126 valence electrons. The fourth-order valence-electron chi connectivity index (χ4n) is 3.72. The molecule has 0 heteroatoms. The highest BCUT2D eigenvalue weighted by Crippen LogP contribution is 2.34. The van der Waals surface area contributed by atoms with Gasteiger partial charge in [0.15, 0.2) is 0 Å². The fourth-order valence-corrected chi connectivity index (χ4v) is 3.72. The third-order valence-corrected chi connectivity index (χ3v) is 5.34. The Morgan fingerprint density at radius 1 is 0.870 bits per heavy atom. The molecule has 0 radical (unpaired) electrons. The SMILES string of the molecule is CCCC#Cc1ccc(CCC2CCC(CCCC)CC2)cc1. The Morgan fingerprint density at radius 2 is 1.52 bits per heavy atom. The third kappa shape index (κ3) is 6.82. The zero-order valence-corrected chi connectivity index (χ0v) is 15.2. The molecule has 0 N–H and O–H groups in total. The molecule has 0 bridgehead atoms. The van der Waals surface area contributed by atoms with E-state index in [9.17, 15) is 0 Å². The minimum atomic E-state index is 0.969. The average Bonchev–Trinajstić information content (AvgIpc) is 2.60. The molecule has 1 fully saturated rings. The monoisotopic (exact) mass is 310 g/mol. The van der Waals surface area contributed by atoms with E-state index in [2.05, 4.69) is 50.0 Å². The van der Waals surface area contributed by atoms with Crippen molar-refractivity contribution in [2.24, 2.45) is 11.8 Å². The first-order valence-electron chi connectivity index (χ1n) is 9.89. The van der Waals surface area contributed by atoms with Crippen LogP contribution in [0.1, 0.15) is 89.2 Å². The Labute approximate surface area is 144 Å². The van der Waals surface area contributed by atoms with Gasteiger partial charge in [0.1, 0.15) is 0 Å². The van der Waals surface area contributed by atoms with Crippen molar-refractivity contribution in [1.29, 1.82) is 0 Å². The van der Waals surface area contributed by atoms with Crippen LogP contribution < -0.4 is 0 Å². The van der Waals surface area contributed by atoms with E-state index >= 15 is 0 Å². The van der Waals surface area contributed by atoms with Crippen LogP contribution in [0.3, 0.4) is 0 Å². The molecule has 0 spiro atoms. The Morgan fingerprint density at radius 3 is 2.13 bits per heavy atom. The van der Waals surface area contributed by atoms with Crippen molar-refractivity contribution < 1.29 is 0 Å². The van der Waals surface area contributed by atoms with E-state index in [1.807, 2.05) is 0 Å². The maximum absolute atomic E-state index is 3.25. The second-order valence-corrected chi connectivity index (χ2v) is 7.32. The molecule has 0 aromatic heterocycles. The molecule has 1 aromatic carbocycles. The molecule has 0 aliphatic heterocycles. The Hall–Kier alpha value is -1.22. The first-order valence-corrected chi connectivity index (χ1v) is 9.89. The molecule has 0 saturated heterocycles. The number of rotatable bonds is 7. The van der Waals surface area contributed by atoms with Gasteiger partial charge in [-0.3, -0.25) is 0 Å². The summed E-state index contributed by atoms with van der Waals surface area (Å²) in [7, 11) is 0. The van der Waals surface area contributed by atoms with Gasteiger partial charge in [0, 0.05) is 12.0 Å². The lowest BCUT2D eigenvalue weighted by Crippen LogP contribution is -2.15. The standard InChI is InChI=1S/C23H34/c1-3-5-7-9-21-12-16-23(17-13-21)19-18-22-14-10-20(11-15-22)8-6-4-2/h12-13,16-17,20,22H,3-6,8,10-11,14-15,18-19H2,1-2H3. The van der Waals surface area contributed by atoms with Crippen molar-refractivity contribution in [2.75, 3.05) is 0 Å².